The van der Waals surface area contributed by atoms with Gasteiger partial charge in [-0.1, -0.05) is 0 Å². The van der Waals surface area contributed by atoms with Crippen LogP contribution in [0.1, 0.15) is 13.8 Å². The molecule has 0 unspecified atom stereocenters. The molecular formula is C12H20ClN5. The van der Waals surface area contributed by atoms with Gasteiger partial charge in [0.15, 0.2) is 0 Å². The number of halogens is 1. The summed E-state index contributed by atoms with van der Waals surface area (Å²) in [5.74, 6) is 2.14. The molecule has 1 aliphatic rings. The molecule has 0 amide bonds. The Balaban J connectivity index is 2.09. The van der Waals surface area contributed by atoms with Crippen molar-refractivity contribution in [2.24, 2.45) is 0 Å². The third kappa shape index (κ3) is 3.46. The summed E-state index contributed by atoms with van der Waals surface area (Å²) >= 11 is 5.91. The van der Waals surface area contributed by atoms with Crippen LogP contribution in [0.4, 0.5) is 11.8 Å². The smallest absolute Gasteiger partial charge is 0.227 e. The van der Waals surface area contributed by atoms with Crippen molar-refractivity contribution in [3.8, 4) is 0 Å². The highest BCUT2D eigenvalue weighted by Gasteiger charge is 2.18. The van der Waals surface area contributed by atoms with Crippen molar-refractivity contribution in [3.63, 3.8) is 0 Å². The number of nitrogens with one attached hydrogen (secondary N) is 2. The number of aromatic nitrogens is 2. The van der Waals surface area contributed by atoms with Gasteiger partial charge in [-0.2, -0.15) is 4.98 Å². The Hall–Kier alpha value is -1.07. The van der Waals surface area contributed by atoms with E-state index >= 15 is 0 Å². The van der Waals surface area contributed by atoms with Crippen molar-refractivity contribution in [2.45, 2.75) is 19.4 Å². The predicted molar refractivity (Wildman–Crippen MR) is 75.5 cm³/mol. The van der Waals surface area contributed by atoms with Crippen LogP contribution >= 0.6 is 11.6 Å². The lowest BCUT2D eigenvalue weighted by atomic mass is 10.1. The zero-order chi connectivity index (χ0) is 13.0. The maximum atomic E-state index is 5.91. The molecule has 0 spiro atoms. The summed E-state index contributed by atoms with van der Waals surface area (Å²) in [6.07, 6.45) is 1.79. The number of hydrogen-bond acceptors (Lipinski definition) is 5. The lowest BCUT2D eigenvalue weighted by Crippen LogP contribution is -2.44. The van der Waals surface area contributed by atoms with E-state index in [1.807, 2.05) is 19.9 Å². The Morgan fingerprint density at radius 2 is 2.17 bits per heavy atom. The van der Waals surface area contributed by atoms with Crippen LogP contribution in [-0.2, 0) is 0 Å². The molecule has 0 bridgehead atoms. The molecule has 5 nitrogen and oxygen atoms in total. The van der Waals surface area contributed by atoms with E-state index in [0.29, 0.717) is 5.88 Å². The van der Waals surface area contributed by atoms with Crippen molar-refractivity contribution in [2.75, 3.05) is 42.3 Å². The number of nitrogens with zero attached hydrogens (tertiary/aromatic N) is 3. The minimum absolute atomic E-state index is 0.170. The Bertz CT molecular complexity index is 390. The van der Waals surface area contributed by atoms with Gasteiger partial charge < -0.3 is 15.5 Å². The number of anilines is 2. The normalized spacial score (nSPS) is 16.7. The van der Waals surface area contributed by atoms with E-state index in [-0.39, 0.29) is 5.54 Å². The van der Waals surface area contributed by atoms with Crippen LogP contribution in [0.3, 0.4) is 0 Å². The van der Waals surface area contributed by atoms with E-state index in [9.17, 15) is 0 Å². The molecule has 1 aromatic rings. The fourth-order valence-corrected chi connectivity index (χ4v) is 1.88. The van der Waals surface area contributed by atoms with Crippen LogP contribution < -0.4 is 15.5 Å². The molecule has 18 heavy (non-hydrogen) atoms. The lowest BCUT2D eigenvalue weighted by Gasteiger charge is -2.28. The van der Waals surface area contributed by atoms with Crippen molar-refractivity contribution >= 4 is 23.4 Å². The molecule has 0 atom stereocenters. The average molecular weight is 270 g/mol. The first-order chi connectivity index (χ1) is 8.61. The number of rotatable bonds is 4. The van der Waals surface area contributed by atoms with Crippen molar-refractivity contribution < 1.29 is 0 Å². The number of alkyl halides is 1. The summed E-state index contributed by atoms with van der Waals surface area (Å²) in [4.78, 5) is 11.1. The summed E-state index contributed by atoms with van der Waals surface area (Å²) in [5, 5.41) is 6.64. The molecule has 2 rings (SSSR count). The molecule has 0 aromatic carbocycles. The van der Waals surface area contributed by atoms with Crippen molar-refractivity contribution in [3.05, 3.63) is 12.3 Å². The third-order valence-electron chi connectivity index (χ3n) is 2.84. The first-order valence-electron chi connectivity index (χ1n) is 6.24. The molecule has 1 saturated heterocycles. The van der Waals surface area contributed by atoms with Gasteiger partial charge in [-0.3, -0.25) is 0 Å². The van der Waals surface area contributed by atoms with Crippen molar-refractivity contribution in [1.82, 2.24) is 15.3 Å². The topological polar surface area (TPSA) is 53.1 Å². The molecule has 1 aromatic heterocycles. The molecule has 0 radical (unpaired) electrons. The van der Waals surface area contributed by atoms with Gasteiger partial charge in [-0.05, 0) is 19.9 Å². The second-order valence-electron chi connectivity index (χ2n) is 5.12. The van der Waals surface area contributed by atoms with Crippen LogP contribution in [0.5, 0.6) is 0 Å². The summed E-state index contributed by atoms with van der Waals surface area (Å²) in [5.41, 5.74) is -0.170. The minimum Gasteiger partial charge on any atom is -0.364 e. The zero-order valence-corrected chi connectivity index (χ0v) is 11.7. The zero-order valence-electron chi connectivity index (χ0n) is 10.9. The predicted octanol–water partition coefficient (Wildman–Crippen LogP) is 1.32. The third-order valence-corrected chi connectivity index (χ3v) is 3.51. The number of hydrogen-bond donors (Lipinski definition) is 2. The monoisotopic (exact) mass is 269 g/mol. The molecule has 1 aliphatic heterocycles. The second kappa shape index (κ2) is 5.71. The fraction of sp³-hybridized carbons (Fsp3) is 0.667. The van der Waals surface area contributed by atoms with Gasteiger partial charge in [0, 0.05) is 43.8 Å². The maximum absolute atomic E-state index is 5.91. The summed E-state index contributed by atoms with van der Waals surface area (Å²) in [6.45, 7) is 7.95. The standard InChI is InChI=1S/C12H20ClN5/c1-12(2,9-13)17-10-3-4-15-11(16-10)18-7-5-14-6-8-18/h3-4,14H,5-9H2,1-2H3,(H,15,16,17). The van der Waals surface area contributed by atoms with Crippen LogP contribution in [0.25, 0.3) is 0 Å². The molecule has 0 aliphatic carbocycles. The van der Waals surface area contributed by atoms with E-state index in [2.05, 4.69) is 25.5 Å². The minimum atomic E-state index is -0.170. The van der Waals surface area contributed by atoms with Gasteiger partial charge in [0.2, 0.25) is 5.95 Å². The van der Waals surface area contributed by atoms with Gasteiger partial charge in [-0.15, -0.1) is 11.6 Å². The average Bonchev–Trinajstić information content (AvgIpc) is 2.40. The Kier molecular flexibility index (Phi) is 4.24. The Labute approximate surface area is 113 Å². The SMILES string of the molecule is CC(C)(CCl)Nc1ccnc(N2CCNCC2)n1. The summed E-state index contributed by atoms with van der Waals surface area (Å²) < 4.78 is 0. The van der Waals surface area contributed by atoms with Crippen LogP contribution in [0.2, 0.25) is 0 Å². The molecule has 2 N–H and O–H groups in total. The maximum Gasteiger partial charge on any atom is 0.227 e. The Morgan fingerprint density at radius 3 is 2.83 bits per heavy atom. The molecule has 100 valence electrons. The molecule has 6 heteroatoms. The highest BCUT2D eigenvalue weighted by molar-refractivity contribution is 6.18. The van der Waals surface area contributed by atoms with E-state index in [4.69, 9.17) is 11.6 Å². The lowest BCUT2D eigenvalue weighted by molar-refractivity contribution is 0.579. The first kappa shape index (κ1) is 13.4. The second-order valence-corrected chi connectivity index (χ2v) is 5.39. The highest BCUT2D eigenvalue weighted by Crippen LogP contribution is 2.16. The van der Waals surface area contributed by atoms with E-state index in [1.165, 1.54) is 0 Å². The first-order valence-corrected chi connectivity index (χ1v) is 6.77. The van der Waals surface area contributed by atoms with Crippen LogP contribution in [0.15, 0.2) is 12.3 Å². The van der Waals surface area contributed by atoms with Crippen LogP contribution in [0, 0.1) is 0 Å². The van der Waals surface area contributed by atoms with E-state index in [1.54, 1.807) is 6.20 Å². The van der Waals surface area contributed by atoms with Gasteiger partial charge >= 0.3 is 0 Å². The quantitative estimate of drug-likeness (QED) is 0.808. The van der Waals surface area contributed by atoms with Gasteiger partial charge in [0.05, 0.1) is 0 Å². The van der Waals surface area contributed by atoms with Gasteiger partial charge in [0.25, 0.3) is 0 Å². The molecule has 2 heterocycles. The van der Waals surface area contributed by atoms with Gasteiger partial charge in [-0.25, -0.2) is 4.98 Å². The van der Waals surface area contributed by atoms with E-state index in [0.717, 1.165) is 37.9 Å². The number of piperazine rings is 1. The fourth-order valence-electron chi connectivity index (χ4n) is 1.82. The highest BCUT2D eigenvalue weighted by atomic mass is 35.5. The molecular weight excluding hydrogens is 250 g/mol. The van der Waals surface area contributed by atoms with Crippen molar-refractivity contribution in [1.29, 1.82) is 0 Å². The largest absolute Gasteiger partial charge is 0.364 e. The van der Waals surface area contributed by atoms with Gasteiger partial charge in [0.1, 0.15) is 5.82 Å². The molecule has 0 saturated carbocycles. The van der Waals surface area contributed by atoms with E-state index < -0.39 is 0 Å². The summed E-state index contributed by atoms with van der Waals surface area (Å²) in [7, 11) is 0. The molecule has 1 fully saturated rings. The summed E-state index contributed by atoms with van der Waals surface area (Å²) in [6, 6.07) is 1.87. The van der Waals surface area contributed by atoms with Crippen LogP contribution in [-0.4, -0.2) is 47.6 Å². The Morgan fingerprint density at radius 1 is 1.44 bits per heavy atom.